The first-order valence-electron chi connectivity index (χ1n) is 9.49. The standard InChI is InChI=1S/C23H23N5O.ClH/c1-28-21-13-17(26)7-9-19(21)18-8-6-16(25)12-20(18)22(28)14-2-4-15(5-3-14)23(29)27-11-10-24;/h2-9,12-13,26H,10-11,24H2,1H3,(H3,25,27,29);1H. The van der Waals surface area contributed by atoms with Gasteiger partial charge in [-0.25, -0.2) is 0 Å². The SMILES string of the molecule is C[n+]1c(-c2ccc(C(=O)NCCN)cc2)c2cc(N)ccc2c2ccc(N)cc21.[Cl-]. The van der Waals surface area contributed by atoms with E-state index in [0.29, 0.717) is 30.0 Å². The summed E-state index contributed by atoms with van der Waals surface area (Å²) in [4.78, 5) is 12.2. The molecule has 0 fully saturated rings. The highest BCUT2D eigenvalue weighted by atomic mass is 35.5. The van der Waals surface area contributed by atoms with Crippen LogP contribution < -0.4 is 39.5 Å². The highest BCUT2D eigenvalue weighted by Crippen LogP contribution is 2.33. The molecule has 0 radical (unpaired) electrons. The molecule has 0 aliphatic carbocycles. The zero-order valence-corrected chi connectivity index (χ0v) is 17.4. The number of nitrogen functional groups attached to an aromatic ring is 2. The van der Waals surface area contributed by atoms with E-state index in [4.69, 9.17) is 17.2 Å². The third-order valence-electron chi connectivity index (χ3n) is 5.16. The van der Waals surface area contributed by atoms with Crippen LogP contribution in [0, 0.1) is 0 Å². The zero-order chi connectivity index (χ0) is 20.5. The smallest absolute Gasteiger partial charge is 0.251 e. The van der Waals surface area contributed by atoms with Gasteiger partial charge in [-0.3, -0.25) is 4.79 Å². The summed E-state index contributed by atoms with van der Waals surface area (Å²) in [6, 6.07) is 19.4. The van der Waals surface area contributed by atoms with Crippen molar-refractivity contribution >= 4 is 39.0 Å². The molecule has 4 rings (SSSR count). The molecule has 0 saturated heterocycles. The molecule has 0 atom stereocenters. The number of anilines is 2. The van der Waals surface area contributed by atoms with Gasteiger partial charge in [0.15, 0.2) is 0 Å². The quantitative estimate of drug-likeness (QED) is 0.199. The number of rotatable bonds is 4. The van der Waals surface area contributed by atoms with Crippen molar-refractivity contribution in [2.45, 2.75) is 0 Å². The van der Waals surface area contributed by atoms with Crippen molar-refractivity contribution in [1.82, 2.24) is 5.32 Å². The van der Waals surface area contributed by atoms with Gasteiger partial charge in [-0.05, 0) is 48.5 Å². The number of halogens is 1. The van der Waals surface area contributed by atoms with Gasteiger partial charge in [0.25, 0.3) is 5.91 Å². The number of amides is 1. The molecule has 1 amide bonds. The Labute approximate surface area is 181 Å². The number of hydrogen-bond acceptors (Lipinski definition) is 4. The number of pyridine rings is 1. The van der Waals surface area contributed by atoms with E-state index >= 15 is 0 Å². The average Bonchev–Trinajstić information content (AvgIpc) is 2.72. The normalized spacial score (nSPS) is 10.7. The summed E-state index contributed by atoms with van der Waals surface area (Å²) in [5.41, 5.74) is 22.7. The van der Waals surface area contributed by atoms with Gasteiger partial charge < -0.3 is 34.9 Å². The zero-order valence-electron chi connectivity index (χ0n) is 16.7. The van der Waals surface area contributed by atoms with Gasteiger partial charge in [-0.2, -0.15) is 4.57 Å². The highest BCUT2D eigenvalue weighted by molar-refractivity contribution is 6.10. The Morgan fingerprint density at radius 3 is 2.20 bits per heavy atom. The summed E-state index contributed by atoms with van der Waals surface area (Å²) < 4.78 is 2.12. The Morgan fingerprint density at radius 1 is 0.900 bits per heavy atom. The molecule has 0 aliphatic heterocycles. The summed E-state index contributed by atoms with van der Waals surface area (Å²) >= 11 is 0. The van der Waals surface area contributed by atoms with Crippen LogP contribution >= 0.6 is 0 Å². The molecule has 0 aliphatic rings. The second-order valence-electron chi connectivity index (χ2n) is 7.11. The van der Waals surface area contributed by atoms with E-state index in [2.05, 4.69) is 9.88 Å². The number of benzene rings is 3. The van der Waals surface area contributed by atoms with E-state index < -0.39 is 0 Å². The predicted molar refractivity (Wildman–Crippen MR) is 118 cm³/mol. The van der Waals surface area contributed by atoms with Gasteiger partial charge in [-0.1, -0.05) is 6.07 Å². The van der Waals surface area contributed by atoms with Gasteiger partial charge >= 0.3 is 0 Å². The molecule has 0 unspecified atom stereocenters. The number of aryl methyl sites for hydroxylation is 1. The number of carbonyl (C=O) groups excluding carboxylic acids is 1. The fourth-order valence-electron chi connectivity index (χ4n) is 3.76. The van der Waals surface area contributed by atoms with Crippen LogP contribution in [0.2, 0.25) is 0 Å². The lowest BCUT2D eigenvalue weighted by Gasteiger charge is -2.11. The van der Waals surface area contributed by atoms with Crippen LogP contribution in [0.1, 0.15) is 10.4 Å². The van der Waals surface area contributed by atoms with Gasteiger partial charge in [-0.15, -0.1) is 0 Å². The van der Waals surface area contributed by atoms with Crippen LogP contribution in [0.5, 0.6) is 0 Å². The van der Waals surface area contributed by atoms with Gasteiger partial charge in [0.05, 0.1) is 10.8 Å². The maximum atomic E-state index is 12.2. The van der Waals surface area contributed by atoms with E-state index in [1.54, 1.807) is 0 Å². The second kappa shape index (κ2) is 8.57. The molecule has 0 saturated carbocycles. The third kappa shape index (κ3) is 3.75. The fraction of sp³-hybridized carbons (Fsp3) is 0.130. The molecular weight excluding hydrogens is 398 g/mol. The third-order valence-corrected chi connectivity index (χ3v) is 5.16. The first-order chi connectivity index (χ1) is 14.0. The van der Waals surface area contributed by atoms with Crippen molar-refractivity contribution in [3.63, 3.8) is 0 Å². The Kier molecular flexibility index (Phi) is 6.10. The van der Waals surface area contributed by atoms with Gasteiger partial charge in [0, 0.05) is 47.0 Å². The fourth-order valence-corrected chi connectivity index (χ4v) is 3.76. The Hall–Kier alpha value is -3.35. The maximum absolute atomic E-state index is 12.2. The molecule has 154 valence electrons. The molecule has 1 aromatic heterocycles. The first kappa shape index (κ1) is 21.4. The highest BCUT2D eigenvalue weighted by Gasteiger charge is 2.21. The number of fused-ring (bicyclic) bond motifs is 3. The maximum Gasteiger partial charge on any atom is 0.251 e. The molecule has 7 N–H and O–H groups in total. The Morgan fingerprint density at radius 2 is 1.53 bits per heavy atom. The monoisotopic (exact) mass is 421 g/mol. The van der Waals surface area contributed by atoms with Crippen LogP contribution in [0.25, 0.3) is 32.9 Å². The first-order valence-corrected chi connectivity index (χ1v) is 9.49. The van der Waals surface area contributed by atoms with Crippen LogP contribution in [0.4, 0.5) is 11.4 Å². The van der Waals surface area contributed by atoms with E-state index in [1.807, 2.05) is 67.7 Å². The van der Waals surface area contributed by atoms with E-state index in [1.165, 1.54) is 0 Å². The van der Waals surface area contributed by atoms with Crippen molar-refractivity contribution < 1.29 is 21.8 Å². The molecular formula is C23H24ClN5O. The van der Waals surface area contributed by atoms with Crippen molar-refractivity contribution in [2.75, 3.05) is 24.6 Å². The molecule has 1 heterocycles. The van der Waals surface area contributed by atoms with E-state index in [9.17, 15) is 4.79 Å². The molecule has 0 spiro atoms. The molecule has 4 aromatic rings. The van der Waals surface area contributed by atoms with Crippen molar-refractivity contribution in [1.29, 1.82) is 0 Å². The Bertz CT molecular complexity index is 1240. The van der Waals surface area contributed by atoms with Crippen LogP contribution in [-0.4, -0.2) is 19.0 Å². The Balaban J connectivity index is 0.00000256. The minimum absolute atomic E-state index is 0. The summed E-state index contributed by atoms with van der Waals surface area (Å²) in [6.07, 6.45) is 0. The van der Waals surface area contributed by atoms with Crippen LogP contribution in [0.15, 0.2) is 60.7 Å². The van der Waals surface area contributed by atoms with Gasteiger partial charge in [0.2, 0.25) is 11.2 Å². The van der Waals surface area contributed by atoms with Crippen LogP contribution in [0.3, 0.4) is 0 Å². The molecule has 3 aromatic carbocycles. The number of nitrogens with one attached hydrogen (secondary N) is 1. The predicted octanol–water partition coefficient (Wildman–Crippen LogP) is -0.659. The average molecular weight is 422 g/mol. The molecule has 6 nitrogen and oxygen atoms in total. The number of nitrogens with zero attached hydrogens (tertiary/aromatic N) is 1. The summed E-state index contributed by atoms with van der Waals surface area (Å²) in [7, 11) is 2.02. The number of carbonyl (C=O) groups is 1. The summed E-state index contributed by atoms with van der Waals surface area (Å²) in [5, 5.41) is 6.05. The van der Waals surface area contributed by atoms with Crippen molar-refractivity contribution in [2.24, 2.45) is 12.8 Å². The van der Waals surface area contributed by atoms with Crippen molar-refractivity contribution in [3.8, 4) is 11.3 Å². The van der Waals surface area contributed by atoms with Crippen LogP contribution in [-0.2, 0) is 7.05 Å². The number of hydrogen-bond donors (Lipinski definition) is 4. The van der Waals surface area contributed by atoms with Crippen molar-refractivity contribution in [3.05, 3.63) is 66.2 Å². The lowest BCUT2D eigenvalue weighted by molar-refractivity contribution is -0.632. The minimum atomic E-state index is -0.133. The minimum Gasteiger partial charge on any atom is -1.00 e. The van der Waals surface area contributed by atoms with E-state index in [-0.39, 0.29) is 18.3 Å². The number of nitrogens with two attached hydrogens (primary N) is 3. The molecule has 7 heteroatoms. The van der Waals surface area contributed by atoms with Gasteiger partial charge in [0.1, 0.15) is 7.05 Å². The lowest BCUT2D eigenvalue weighted by atomic mass is 9.98. The molecule has 30 heavy (non-hydrogen) atoms. The number of aromatic nitrogens is 1. The summed E-state index contributed by atoms with van der Waals surface area (Å²) in [6.45, 7) is 0.860. The van der Waals surface area contributed by atoms with E-state index in [0.717, 1.165) is 32.9 Å². The molecule has 0 bridgehead atoms. The lowest BCUT2D eigenvalue weighted by Crippen LogP contribution is -3.00. The largest absolute Gasteiger partial charge is 1.00 e. The second-order valence-corrected chi connectivity index (χ2v) is 7.11. The topological polar surface area (TPSA) is 111 Å². The summed E-state index contributed by atoms with van der Waals surface area (Å²) in [5.74, 6) is -0.133.